The van der Waals surface area contributed by atoms with Crippen LogP contribution >= 0.6 is 0 Å². The van der Waals surface area contributed by atoms with Gasteiger partial charge in [-0.15, -0.1) is 0 Å². The van der Waals surface area contributed by atoms with Crippen LogP contribution < -0.4 is 4.74 Å². The van der Waals surface area contributed by atoms with E-state index >= 15 is 0 Å². The van der Waals surface area contributed by atoms with E-state index in [4.69, 9.17) is 9.47 Å². The molecule has 0 saturated carbocycles. The summed E-state index contributed by atoms with van der Waals surface area (Å²) < 4.78 is 10.7. The third-order valence-corrected chi connectivity index (χ3v) is 5.00. The van der Waals surface area contributed by atoms with Gasteiger partial charge in [0.2, 0.25) is 0 Å². The molecule has 0 aromatic heterocycles. The van der Waals surface area contributed by atoms with Crippen LogP contribution in [0.2, 0.25) is 0 Å². The van der Waals surface area contributed by atoms with Gasteiger partial charge >= 0.3 is 5.97 Å². The third kappa shape index (κ3) is 5.95. The van der Waals surface area contributed by atoms with Crippen molar-refractivity contribution in [3.05, 3.63) is 65.7 Å². The number of carbonyl (C=O) groups is 2. The second-order valence-corrected chi connectivity index (χ2v) is 7.07. The molecule has 1 fully saturated rings. The number of amides is 1. The minimum Gasteiger partial charge on any atom is -0.497 e. The van der Waals surface area contributed by atoms with Gasteiger partial charge in [-0.2, -0.15) is 0 Å². The molecule has 0 radical (unpaired) electrons. The first-order chi connectivity index (χ1) is 14.2. The number of benzene rings is 2. The molecule has 0 spiro atoms. The van der Waals surface area contributed by atoms with Gasteiger partial charge in [-0.05, 0) is 42.2 Å². The van der Waals surface area contributed by atoms with Gasteiger partial charge in [-0.1, -0.05) is 55.3 Å². The van der Waals surface area contributed by atoms with Gasteiger partial charge < -0.3 is 14.4 Å². The number of nitrogens with zero attached hydrogens (tertiary/aromatic N) is 1. The lowest BCUT2D eigenvalue weighted by atomic mass is 10.0. The molecule has 2 aromatic carbocycles. The van der Waals surface area contributed by atoms with E-state index in [0.717, 1.165) is 49.9 Å². The third-order valence-electron chi connectivity index (χ3n) is 5.00. The van der Waals surface area contributed by atoms with Crippen molar-refractivity contribution < 1.29 is 19.1 Å². The summed E-state index contributed by atoms with van der Waals surface area (Å²) in [5, 5.41) is 0. The summed E-state index contributed by atoms with van der Waals surface area (Å²) in [6.07, 6.45) is 6.06. The maximum Gasteiger partial charge on any atom is 0.339 e. The molecule has 1 saturated heterocycles. The highest BCUT2D eigenvalue weighted by Gasteiger charge is 2.19. The Labute approximate surface area is 171 Å². The number of likely N-dealkylation sites (tertiary alicyclic amines) is 1. The Bertz CT molecular complexity index is 852. The van der Waals surface area contributed by atoms with E-state index in [2.05, 4.69) is 0 Å². The smallest absolute Gasteiger partial charge is 0.339 e. The highest BCUT2D eigenvalue weighted by molar-refractivity contribution is 6.21. The topological polar surface area (TPSA) is 55.8 Å². The Kier molecular flexibility index (Phi) is 7.45. The van der Waals surface area contributed by atoms with Gasteiger partial charge in [0.05, 0.1) is 12.7 Å². The van der Waals surface area contributed by atoms with E-state index in [1.54, 1.807) is 18.1 Å². The van der Waals surface area contributed by atoms with E-state index in [-0.39, 0.29) is 12.5 Å². The molecule has 0 bridgehead atoms. The minimum atomic E-state index is -0.512. The summed E-state index contributed by atoms with van der Waals surface area (Å²) in [6, 6.07) is 16.8. The minimum absolute atomic E-state index is 0.131. The molecule has 152 valence electrons. The Morgan fingerprint density at radius 1 is 0.966 bits per heavy atom. The largest absolute Gasteiger partial charge is 0.497 e. The number of methoxy groups -OCH3 is 1. The van der Waals surface area contributed by atoms with Gasteiger partial charge in [0, 0.05) is 13.1 Å². The predicted molar refractivity (Wildman–Crippen MR) is 113 cm³/mol. The monoisotopic (exact) mass is 393 g/mol. The van der Waals surface area contributed by atoms with Crippen molar-refractivity contribution in [2.75, 3.05) is 26.8 Å². The van der Waals surface area contributed by atoms with Crippen LogP contribution in [0.1, 0.15) is 36.8 Å². The molecule has 0 atom stereocenters. The Balaban J connectivity index is 1.76. The lowest BCUT2D eigenvalue weighted by Gasteiger charge is -2.20. The zero-order valence-corrected chi connectivity index (χ0v) is 16.8. The van der Waals surface area contributed by atoms with Gasteiger partial charge in [-0.25, -0.2) is 4.79 Å². The van der Waals surface area contributed by atoms with Crippen LogP contribution in [0.5, 0.6) is 5.75 Å². The van der Waals surface area contributed by atoms with Crippen LogP contribution in [0.25, 0.3) is 11.6 Å². The Morgan fingerprint density at radius 2 is 1.69 bits per heavy atom. The second kappa shape index (κ2) is 10.5. The summed E-state index contributed by atoms with van der Waals surface area (Å²) in [6.45, 7) is 1.24. The fraction of sp³-hybridized carbons (Fsp3) is 0.333. The normalized spacial score (nSPS) is 14.8. The Hall–Kier alpha value is -3.08. The van der Waals surface area contributed by atoms with E-state index in [1.807, 2.05) is 54.6 Å². The zero-order chi connectivity index (χ0) is 20.5. The fourth-order valence-corrected chi connectivity index (χ4v) is 3.39. The number of rotatable bonds is 6. The van der Waals surface area contributed by atoms with E-state index in [9.17, 15) is 9.59 Å². The fourth-order valence-electron chi connectivity index (χ4n) is 3.39. The van der Waals surface area contributed by atoms with Crippen LogP contribution in [-0.4, -0.2) is 43.6 Å². The molecular formula is C24H27NO4. The Morgan fingerprint density at radius 3 is 2.38 bits per heavy atom. The number of hydrogen-bond donors (Lipinski definition) is 0. The average Bonchev–Trinajstić information content (AvgIpc) is 3.06. The first kappa shape index (κ1) is 20.6. The molecule has 1 aliphatic heterocycles. The number of hydrogen-bond acceptors (Lipinski definition) is 4. The highest BCUT2D eigenvalue weighted by atomic mass is 16.5. The molecule has 29 heavy (non-hydrogen) atoms. The maximum atomic E-state index is 12.9. The standard InChI is InChI=1S/C24H27NO4/c1-28-21-13-9-10-19(16-21)17-22(20-11-5-4-6-12-20)24(27)29-18-23(26)25-14-7-2-3-8-15-25/h4-6,9-13,16-17H,2-3,7-8,14-15,18H2,1H3. The van der Waals surface area contributed by atoms with Crippen LogP contribution in [0.15, 0.2) is 54.6 Å². The molecule has 1 aliphatic rings. The molecule has 5 heteroatoms. The summed E-state index contributed by atoms with van der Waals surface area (Å²) in [4.78, 5) is 27.1. The number of carbonyl (C=O) groups excluding carboxylic acids is 2. The highest BCUT2D eigenvalue weighted by Crippen LogP contribution is 2.22. The lowest BCUT2D eigenvalue weighted by Crippen LogP contribution is -2.35. The van der Waals surface area contributed by atoms with Gasteiger partial charge in [0.1, 0.15) is 5.75 Å². The quantitative estimate of drug-likeness (QED) is 0.420. The van der Waals surface area contributed by atoms with Crippen molar-refractivity contribution >= 4 is 23.5 Å². The van der Waals surface area contributed by atoms with Crippen molar-refractivity contribution in [1.29, 1.82) is 0 Å². The second-order valence-electron chi connectivity index (χ2n) is 7.07. The number of ether oxygens (including phenoxy) is 2. The van der Waals surface area contributed by atoms with Gasteiger partial charge in [0.15, 0.2) is 6.61 Å². The molecule has 0 aliphatic carbocycles. The summed E-state index contributed by atoms with van der Waals surface area (Å²) in [7, 11) is 1.60. The molecule has 1 heterocycles. The summed E-state index contributed by atoms with van der Waals surface area (Å²) in [5.41, 5.74) is 1.96. The summed E-state index contributed by atoms with van der Waals surface area (Å²) in [5.74, 6) is 0.0621. The molecule has 0 N–H and O–H groups in total. The van der Waals surface area contributed by atoms with Gasteiger partial charge in [0.25, 0.3) is 5.91 Å². The maximum absolute atomic E-state index is 12.9. The predicted octanol–water partition coefficient (Wildman–Crippen LogP) is 4.18. The van der Waals surface area contributed by atoms with E-state index in [0.29, 0.717) is 11.3 Å². The van der Waals surface area contributed by atoms with Crippen molar-refractivity contribution in [2.45, 2.75) is 25.7 Å². The van der Waals surface area contributed by atoms with Gasteiger partial charge in [-0.3, -0.25) is 4.79 Å². The molecular weight excluding hydrogens is 366 g/mol. The lowest BCUT2D eigenvalue weighted by molar-refractivity contribution is -0.147. The summed E-state index contributed by atoms with van der Waals surface area (Å²) >= 11 is 0. The van der Waals surface area contributed by atoms with Crippen LogP contribution in [0.3, 0.4) is 0 Å². The van der Waals surface area contributed by atoms with Crippen LogP contribution in [-0.2, 0) is 14.3 Å². The SMILES string of the molecule is COc1cccc(C=C(C(=O)OCC(=O)N2CCCCCC2)c2ccccc2)c1. The van der Waals surface area contributed by atoms with E-state index < -0.39 is 5.97 Å². The average molecular weight is 393 g/mol. The van der Waals surface area contributed by atoms with E-state index in [1.165, 1.54) is 0 Å². The van der Waals surface area contributed by atoms with Crippen molar-refractivity contribution in [2.24, 2.45) is 0 Å². The first-order valence-electron chi connectivity index (χ1n) is 10.0. The van der Waals surface area contributed by atoms with Crippen LogP contribution in [0.4, 0.5) is 0 Å². The number of esters is 1. The van der Waals surface area contributed by atoms with Crippen molar-refractivity contribution in [3.8, 4) is 5.75 Å². The van der Waals surface area contributed by atoms with Crippen molar-refractivity contribution in [3.63, 3.8) is 0 Å². The molecule has 0 unspecified atom stereocenters. The first-order valence-corrected chi connectivity index (χ1v) is 10.0. The molecule has 5 nitrogen and oxygen atoms in total. The molecule has 2 aromatic rings. The molecule has 3 rings (SSSR count). The molecule has 1 amide bonds. The zero-order valence-electron chi connectivity index (χ0n) is 16.8. The van der Waals surface area contributed by atoms with Crippen LogP contribution in [0, 0.1) is 0 Å². The van der Waals surface area contributed by atoms with Crippen molar-refractivity contribution in [1.82, 2.24) is 4.90 Å².